The lowest BCUT2D eigenvalue weighted by Crippen LogP contribution is -2.46. The second kappa shape index (κ2) is 13.5. The van der Waals surface area contributed by atoms with E-state index in [4.69, 9.17) is 14.9 Å². The number of carboxylic acids is 1. The number of aromatic nitrogens is 4. The van der Waals surface area contributed by atoms with Gasteiger partial charge in [0, 0.05) is 60.9 Å². The third-order valence-electron chi connectivity index (χ3n) is 7.94. The highest BCUT2D eigenvalue weighted by Gasteiger charge is 2.38. The number of piperazine rings is 1. The summed E-state index contributed by atoms with van der Waals surface area (Å²) in [5.41, 5.74) is 6.84. The Morgan fingerprint density at radius 1 is 0.896 bits per heavy atom. The van der Waals surface area contributed by atoms with Crippen molar-refractivity contribution in [2.75, 3.05) is 36.4 Å². The Balaban J connectivity index is 0.000000519. The molecular weight excluding hydrogens is 630 g/mol. The lowest BCUT2D eigenvalue weighted by atomic mass is 9.99. The number of carboxylic acid groups (broad SMARTS) is 1. The normalized spacial score (nSPS) is 13.7. The highest BCUT2D eigenvalue weighted by atomic mass is 19.4. The number of amides is 1. The molecule has 1 aliphatic heterocycles. The summed E-state index contributed by atoms with van der Waals surface area (Å²) in [7, 11) is 0. The van der Waals surface area contributed by atoms with Gasteiger partial charge in [-0.2, -0.15) is 18.3 Å². The summed E-state index contributed by atoms with van der Waals surface area (Å²) in [6.07, 6.45) is -1.43. The Morgan fingerprint density at radius 2 is 1.62 bits per heavy atom. The summed E-state index contributed by atoms with van der Waals surface area (Å²) in [5.74, 6) is -3.25. The highest BCUT2D eigenvalue weighted by molar-refractivity contribution is 6.09. The maximum Gasteiger partial charge on any atom is 0.490 e. The molecule has 0 unspecified atom stereocenters. The van der Waals surface area contributed by atoms with Crippen molar-refractivity contribution in [3.63, 3.8) is 0 Å². The molecule has 10 nitrogen and oxygen atoms in total. The molecule has 4 N–H and O–H groups in total. The maximum atomic E-state index is 13.4. The number of fused-ring (bicyclic) bond motifs is 2. The molecule has 0 bridgehead atoms. The van der Waals surface area contributed by atoms with Crippen molar-refractivity contribution < 1.29 is 32.3 Å². The standard InChI is InChI=1S/C32H28FN7O.C2HF3O2/c33-22-7-9-24(10-8-22)40-15-13-39(14-16-40)20-23-3-1-6-29(36-23)32(41)37-30-17-21(18-31-27(30)19-35-38-31)25-4-2-5-28-26(25)11-12-34-28;3-2(4,5)1(6)7/h1-12,17-19,34H,13-16,20H2,(H,35,38)(H,37,41);(H,6,7). The van der Waals surface area contributed by atoms with Gasteiger partial charge >= 0.3 is 12.1 Å². The van der Waals surface area contributed by atoms with Crippen LogP contribution < -0.4 is 10.2 Å². The first-order chi connectivity index (χ1) is 23.0. The summed E-state index contributed by atoms with van der Waals surface area (Å²) in [5, 5.41) is 19.4. The van der Waals surface area contributed by atoms with Gasteiger partial charge in [-0.1, -0.05) is 18.2 Å². The Hall–Kier alpha value is -5.76. The number of aromatic amines is 2. The number of hydrogen-bond donors (Lipinski definition) is 4. The van der Waals surface area contributed by atoms with Crippen molar-refractivity contribution in [1.82, 2.24) is 25.1 Å². The Morgan fingerprint density at radius 3 is 2.35 bits per heavy atom. The molecule has 0 radical (unpaired) electrons. The van der Waals surface area contributed by atoms with Crippen LogP contribution in [0.4, 0.5) is 28.9 Å². The van der Waals surface area contributed by atoms with E-state index in [1.54, 1.807) is 12.3 Å². The number of nitrogens with zero attached hydrogens (tertiary/aromatic N) is 4. The molecule has 1 aliphatic rings. The minimum atomic E-state index is -5.08. The zero-order chi connectivity index (χ0) is 33.8. The number of benzene rings is 3. The van der Waals surface area contributed by atoms with Gasteiger partial charge in [0.2, 0.25) is 0 Å². The predicted octanol–water partition coefficient (Wildman–Crippen LogP) is 6.45. The van der Waals surface area contributed by atoms with Gasteiger partial charge in [-0.15, -0.1) is 0 Å². The fourth-order valence-electron chi connectivity index (χ4n) is 5.57. The van der Waals surface area contributed by atoms with Crippen LogP contribution in [-0.4, -0.2) is 74.4 Å². The molecular formula is C34H29F4N7O3. The van der Waals surface area contributed by atoms with E-state index in [0.29, 0.717) is 17.9 Å². The summed E-state index contributed by atoms with van der Waals surface area (Å²) in [4.78, 5) is 34.8. The average molecular weight is 660 g/mol. The Labute approximate surface area is 271 Å². The van der Waals surface area contributed by atoms with Crippen LogP contribution >= 0.6 is 0 Å². The van der Waals surface area contributed by atoms with E-state index in [1.165, 1.54) is 12.1 Å². The lowest BCUT2D eigenvalue weighted by Gasteiger charge is -2.36. The molecule has 4 heterocycles. The van der Waals surface area contributed by atoms with Crippen LogP contribution in [-0.2, 0) is 11.3 Å². The topological polar surface area (TPSA) is 130 Å². The third kappa shape index (κ3) is 7.28. The lowest BCUT2D eigenvalue weighted by molar-refractivity contribution is -0.192. The van der Waals surface area contributed by atoms with E-state index >= 15 is 0 Å². The molecule has 48 heavy (non-hydrogen) atoms. The largest absolute Gasteiger partial charge is 0.490 e. The van der Waals surface area contributed by atoms with Crippen LogP contribution in [0, 0.1) is 5.82 Å². The van der Waals surface area contributed by atoms with Crippen LogP contribution in [0.2, 0.25) is 0 Å². The van der Waals surface area contributed by atoms with Crippen molar-refractivity contribution in [2.24, 2.45) is 0 Å². The minimum absolute atomic E-state index is 0.224. The molecule has 0 spiro atoms. The van der Waals surface area contributed by atoms with Crippen LogP contribution in [0.15, 0.2) is 91.3 Å². The average Bonchev–Trinajstić information content (AvgIpc) is 3.76. The zero-order valence-electron chi connectivity index (χ0n) is 25.3. The molecule has 1 fully saturated rings. The van der Waals surface area contributed by atoms with E-state index < -0.39 is 12.1 Å². The number of pyridine rings is 1. The molecule has 0 atom stereocenters. The summed E-state index contributed by atoms with van der Waals surface area (Å²) in [6.45, 7) is 4.06. The predicted molar refractivity (Wildman–Crippen MR) is 173 cm³/mol. The summed E-state index contributed by atoms with van der Waals surface area (Å²) in [6, 6.07) is 24.4. The van der Waals surface area contributed by atoms with Crippen LogP contribution in [0.25, 0.3) is 32.9 Å². The van der Waals surface area contributed by atoms with E-state index in [1.807, 2.05) is 48.7 Å². The molecule has 7 rings (SSSR count). The number of carbonyl (C=O) groups is 2. The molecule has 6 aromatic rings. The van der Waals surface area contributed by atoms with Crippen molar-refractivity contribution in [1.29, 1.82) is 0 Å². The van der Waals surface area contributed by atoms with Crippen molar-refractivity contribution >= 4 is 45.1 Å². The van der Waals surface area contributed by atoms with E-state index in [-0.39, 0.29) is 11.7 Å². The first kappa shape index (κ1) is 32.2. The quantitative estimate of drug-likeness (QED) is 0.151. The van der Waals surface area contributed by atoms with Crippen LogP contribution in [0.3, 0.4) is 0 Å². The number of H-pyrrole nitrogens is 2. The Kier molecular flexibility index (Phi) is 9.08. The van der Waals surface area contributed by atoms with Crippen LogP contribution in [0.1, 0.15) is 16.2 Å². The monoisotopic (exact) mass is 659 g/mol. The van der Waals surface area contributed by atoms with E-state index in [9.17, 15) is 22.4 Å². The molecule has 0 aliphatic carbocycles. The summed E-state index contributed by atoms with van der Waals surface area (Å²) >= 11 is 0. The highest BCUT2D eigenvalue weighted by Crippen LogP contribution is 2.34. The molecule has 14 heteroatoms. The summed E-state index contributed by atoms with van der Waals surface area (Å²) < 4.78 is 45.0. The molecule has 3 aromatic carbocycles. The van der Waals surface area contributed by atoms with Gasteiger partial charge in [0.05, 0.1) is 23.1 Å². The number of halogens is 4. The number of hydrogen-bond acceptors (Lipinski definition) is 6. The smallest absolute Gasteiger partial charge is 0.475 e. The van der Waals surface area contributed by atoms with Crippen molar-refractivity contribution in [3.8, 4) is 11.1 Å². The van der Waals surface area contributed by atoms with Gasteiger partial charge in [0.25, 0.3) is 5.91 Å². The molecule has 0 saturated carbocycles. The second-order valence-corrected chi connectivity index (χ2v) is 11.1. The fraction of sp³-hybridized carbons (Fsp3) is 0.176. The first-order valence-electron chi connectivity index (χ1n) is 14.9. The van der Waals surface area contributed by atoms with E-state index in [2.05, 4.69) is 48.5 Å². The van der Waals surface area contributed by atoms with Gasteiger partial charge in [-0.25, -0.2) is 14.2 Å². The zero-order valence-corrected chi connectivity index (χ0v) is 25.3. The minimum Gasteiger partial charge on any atom is -0.475 e. The van der Waals surface area contributed by atoms with Gasteiger partial charge in [0.15, 0.2) is 0 Å². The van der Waals surface area contributed by atoms with Gasteiger partial charge in [0.1, 0.15) is 11.5 Å². The maximum absolute atomic E-state index is 13.4. The van der Waals surface area contributed by atoms with Gasteiger partial charge in [-0.05, 0) is 71.8 Å². The first-order valence-corrected chi connectivity index (χ1v) is 14.9. The van der Waals surface area contributed by atoms with Crippen LogP contribution in [0.5, 0.6) is 0 Å². The number of anilines is 2. The SMILES string of the molecule is O=C(Nc1cc(-c2cccc3[nH]ccc23)cc2[nH]ncc12)c1cccc(CN2CCN(c3ccc(F)cc3)CC2)n1.O=C(O)C(F)(F)F. The fourth-order valence-corrected chi connectivity index (χ4v) is 5.57. The van der Waals surface area contributed by atoms with Crippen molar-refractivity contribution in [2.45, 2.75) is 12.7 Å². The third-order valence-corrected chi connectivity index (χ3v) is 7.94. The van der Waals surface area contributed by atoms with E-state index in [0.717, 1.165) is 70.5 Å². The molecule has 1 saturated heterocycles. The molecule has 246 valence electrons. The molecule has 1 amide bonds. The Bertz CT molecular complexity index is 2070. The number of carbonyl (C=O) groups excluding carboxylic acids is 1. The van der Waals surface area contributed by atoms with Gasteiger partial charge < -0.3 is 20.3 Å². The number of aliphatic carboxylic acids is 1. The number of nitrogens with one attached hydrogen (secondary N) is 3. The second-order valence-electron chi connectivity index (χ2n) is 11.1. The number of alkyl halides is 3. The molecule has 3 aromatic heterocycles. The number of rotatable bonds is 6. The van der Waals surface area contributed by atoms with Crippen molar-refractivity contribution in [3.05, 3.63) is 108 Å². The van der Waals surface area contributed by atoms with Gasteiger partial charge in [-0.3, -0.25) is 14.8 Å².